The van der Waals surface area contributed by atoms with Crippen LogP contribution >= 0.6 is 11.8 Å². The lowest BCUT2D eigenvalue weighted by Gasteiger charge is -2.29. The highest BCUT2D eigenvalue weighted by molar-refractivity contribution is 7.99. The maximum absolute atomic E-state index is 13.1. The average Bonchev–Trinajstić information content (AvgIpc) is 3.29. The van der Waals surface area contributed by atoms with Gasteiger partial charge in [0.05, 0.1) is 6.10 Å². The summed E-state index contributed by atoms with van der Waals surface area (Å²) in [6.45, 7) is 4.89. The fourth-order valence-corrected chi connectivity index (χ4v) is 5.29. The Kier molecular flexibility index (Phi) is 6.90. The Labute approximate surface area is 184 Å². The van der Waals surface area contributed by atoms with E-state index in [0.717, 1.165) is 5.56 Å². The predicted molar refractivity (Wildman–Crippen MR) is 114 cm³/mol. The highest BCUT2D eigenvalue weighted by Crippen LogP contribution is 2.48. The number of thioether (sulfide) groups is 1. The van der Waals surface area contributed by atoms with Crippen LogP contribution in [0.2, 0.25) is 0 Å². The number of aliphatic hydroxyl groups is 1. The summed E-state index contributed by atoms with van der Waals surface area (Å²) in [7, 11) is 0. The Hall–Kier alpha value is -2.59. The molecule has 1 aromatic carbocycles. The smallest absolute Gasteiger partial charge is 0.328 e. The van der Waals surface area contributed by atoms with Gasteiger partial charge >= 0.3 is 5.97 Å². The van der Waals surface area contributed by atoms with E-state index in [4.69, 9.17) is 0 Å². The van der Waals surface area contributed by atoms with Crippen molar-refractivity contribution in [1.82, 2.24) is 15.5 Å². The van der Waals surface area contributed by atoms with E-state index in [1.54, 1.807) is 24.0 Å². The topological polar surface area (TPSA) is 136 Å². The van der Waals surface area contributed by atoms with Crippen molar-refractivity contribution >= 4 is 35.5 Å². The van der Waals surface area contributed by atoms with Gasteiger partial charge in [0, 0.05) is 11.3 Å². The first-order valence-corrected chi connectivity index (χ1v) is 11.3. The number of hydrogen-bond acceptors (Lipinski definition) is 6. The molecule has 1 saturated heterocycles. The van der Waals surface area contributed by atoms with Gasteiger partial charge in [-0.25, -0.2) is 4.79 Å². The van der Waals surface area contributed by atoms with E-state index in [-0.39, 0.29) is 17.2 Å². The SMILES string of the molecule is CCC(C)C(NC(=O)C1CSC2c3ccccc3C(=O)N12)C(=O)NC(C(=O)O)C(C)O. The average molecular weight is 450 g/mol. The summed E-state index contributed by atoms with van der Waals surface area (Å²) in [5.74, 6) is -2.61. The van der Waals surface area contributed by atoms with Gasteiger partial charge in [-0.05, 0) is 24.5 Å². The van der Waals surface area contributed by atoms with Crippen molar-refractivity contribution in [3.63, 3.8) is 0 Å². The van der Waals surface area contributed by atoms with Gasteiger partial charge in [-0.1, -0.05) is 38.5 Å². The zero-order chi connectivity index (χ0) is 22.9. The summed E-state index contributed by atoms with van der Waals surface area (Å²) in [4.78, 5) is 51.6. The van der Waals surface area contributed by atoms with E-state index in [2.05, 4.69) is 10.6 Å². The minimum atomic E-state index is -1.49. The number of benzene rings is 1. The van der Waals surface area contributed by atoms with Crippen molar-refractivity contribution < 1.29 is 29.4 Å². The van der Waals surface area contributed by atoms with E-state index in [1.807, 2.05) is 19.1 Å². The summed E-state index contributed by atoms with van der Waals surface area (Å²) >= 11 is 1.50. The molecule has 31 heavy (non-hydrogen) atoms. The Balaban J connectivity index is 1.75. The first-order valence-electron chi connectivity index (χ1n) is 10.2. The van der Waals surface area contributed by atoms with Gasteiger partial charge in [0.15, 0.2) is 6.04 Å². The molecule has 10 heteroatoms. The van der Waals surface area contributed by atoms with Crippen LogP contribution in [-0.2, 0) is 14.4 Å². The maximum Gasteiger partial charge on any atom is 0.328 e. The maximum atomic E-state index is 13.1. The third-order valence-corrected chi connectivity index (χ3v) is 7.14. The minimum absolute atomic E-state index is 0.213. The number of aliphatic hydroxyl groups excluding tert-OH is 1. The monoisotopic (exact) mass is 449 g/mol. The number of carboxylic acids is 1. The fourth-order valence-electron chi connectivity index (χ4n) is 3.83. The van der Waals surface area contributed by atoms with Crippen LogP contribution in [0.4, 0.5) is 0 Å². The van der Waals surface area contributed by atoms with E-state index in [1.165, 1.54) is 18.7 Å². The molecule has 6 unspecified atom stereocenters. The lowest BCUT2D eigenvalue weighted by Crippen LogP contribution is -2.59. The summed E-state index contributed by atoms with van der Waals surface area (Å²) in [6, 6.07) is 4.03. The molecule has 1 aromatic rings. The van der Waals surface area contributed by atoms with Gasteiger partial charge in [-0.2, -0.15) is 0 Å². The third-order valence-electron chi connectivity index (χ3n) is 5.83. The molecule has 0 spiro atoms. The number of nitrogens with zero attached hydrogens (tertiary/aromatic N) is 1. The molecular formula is C21H27N3O6S. The Morgan fingerprint density at radius 2 is 1.87 bits per heavy atom. The normalized spacial score (nSPS) is 23.4. The molecule has 3 amide bonds. The van der Waals surface area contributed by atoms with Gasteiger partial charge in [0.1, 0.15) is 17.5 Å². The molecule has 4 N–H and O–H groups in total. The van der Waals surface area contributed by atoms with Crippen LogP contribution in [-0.4, -0.2) is 68.8 Å². The fraction of sp³-hybridized carbons (Fsp3) is 0.524. The van der Waals surface area contributed by atoms with Crippen LogP contribution in [0.3, 0.4) is 0 Å². The van der Waals surface area contributed by atoms with Crippen LogP contribution in [0.5, 0.6) is 0 Å². The molecule has 0 radical (unpaired) electrons. The Morgan fingerprint density at radius 3 is 2.48 bits per heavy atom. The van der Waals surface area contributed by atoms with Crippen molar-refractivity contribution in [2.75, 3.05) is 5.75 Å². The molecule has 0 bridgehead atoms. The highest BCUT2D eigenvalue weighted by atomic mass is 32.2. The molecule has 168 valence electrons. The van der Waals surface area contributed by atoms with E-state index in [9.17, 15) is 29.4 Å². The summed E-state index contributed by atoms with van der Waals surface area (Å²) in [6.07, 6.45) is -0.747. The first-order chi connectivity index (χ1) is 14.7. The molecule has 0 saturated carbocycles. The lowest BCUT2D eigenvalue weighted by molar-refractivity contribution is -0.145. The van der Waals surface area contributed by atoms with Gasteiger partial charge in [0.2, 0.25) is 11.8 Å². The molecule has 2 aliphatic rings. The highest BCUT2D eigenvalue weighted by Gasteiger charge is 2.49. The van der Waals surface area contributed by atoms with Crippen molar-refractivity contribution in [1.29, 1.82) is 0 Å². The third kappa shape index (κ3) is 4.40. The number of aliphatic carboxylic acids is 1. The molecule has 2 heterocycles. The second-order valence-corrected chi connectivity index (χ2v) is 9.05. The number of carbonyl (C=O) groups excluding carboxylic acids is 3. The van der Waals surface area contributed by atoms with E-state index in [0.29, 0.717) is 17.7 Å². The van der Waals surface area contributed by atoms with Gasteiger partial charge < -0.3 is 25.7 Å². The molecule has 0 aromatic heterocycles. The summed E-state index contributed by atoms with van der Waals surface area (Å²) in [5, 5.41) is 23.7. The second kappa shape index (κ2) is 9.27. The predicted octanol–water partition coefficient (Wildman–Crippen LogP) is 0.738. The van der Waals surface area contributed by atoms with Crippen LogP contribution < -0.4 is 10.6 Å². The van der Waals surface area contributed by atoms with Gasteiger partial charge in [-0.3, -0.25) is 14.4 Å². The van der Waals surface area contributed by atoms with Crippen molar-refractivity contribution in [2.45, 2.75) is 56.8 Å². The number of carbonyl (C=O) groups is 4. The molecule has 1 fully saturated rings. The zero-order valence-corrected chi connectivity index (χ0v) is 18.4. The number of hydrogen-bond donors (Lipinski definition) is 4. The number of carboxylic acid groups (broad SMARTS) is 1. The lowest BCUT2D eigenvalue weighted by atomic mass is 9.97. The molecule has 0 aliphatic carbocycles. The zero-order valence-electron chi connectivity index (χ0n) is 17.6. The minimum Gasteiger partial charge on any atom is -0.480 e. The largest absolute Gasteiger partial charge is 0.480 e. The Morgan fingerprint density at radius 1 is 1.19 bits per heavy atom. The number of amides is 3. The van der Waals surface area contributed by atoms with Crippen molar-refractivity contribution in [3.05, 3.63) is 35.4 Å². The quantitative estimate of drug-likeness (QED) is 0.459. The van der Waals surface area contributed by atoms with Crippen LogP contribution in [0.15, 0.2) is 24.3 Å². The van der Waals surface area contributed by atoms with E-state index >= 15 is 0 Å². The summed E-state index contributed by atoms with van der Waals surface area (Å²) in [5.41, 5.74) is 1.46. The number of nitrogens with one attached hydrogen (secondary N) is 2. The van der Waals surface area contributed by atoms with Crippen LogP contribution in [0, 0.1) is 5.92 Å². The molecule has 9 nitrogen and oxygen atoms in total. The number of fused-ring (bicyclic) bond motifs is 3. The first kappa shape index (κ1) is 23.1. The van der Waals surface area contributed by atoms with Crippen LogP contribution in [0.25, 0.3) is 0 Å². The number of rotatable bonds is 8. The second-order valence-electron chi connectivity index (χ2n) is 7.94. The molecule has 2 aliphatic heterocycles. The van der Waals surface area contributed by atoms with Crippen molar-refractivity contribution in [2.24, 2.45) is 5.92 Å². The van der Waals surface area contributed by atoms with Gasteiger partial charge in [0.25, 0.3) is 5.91 Å². The molecule has 6 atom stereocenters. The van der Waals surface area contributed by atoms with Gasteiger partial charge in [-0.15, -0.1) is 11.8 Å². The summed E-state index contributed by atoms with van der Waals surface area (Å²) < 4.78 is 0. The van der Waals surface area contributed by atoms with Crippen LogP contribution in [0.1, 0.15) is 48.5 Å². The molecular weight excluding hydrogens is 422 g/mol. The van der Waals surface area contributed by atoms with Crippen molar-refractivity contribution in [3.8, 4) is 0 Å². The van der Waals surface area contributed by atoms with E-state index < -0.39 is 42.0 Å². The molecule has 3 rings (SSSR count). The standard InChI is InChI=1S/C21H27N3O6S/c1-4-10(2)15(18(27)23-16(11(3)25)21(29)30)22-17(26)14-9-31-20-13-8-6-5-7-12(13)19(28)24(14)20/h5-8,10-11,14-16,20,25H,4,9H2,1-3H3,(H,22,26)(H,23,27)(H,29,30). The Bertz CT molecular complexity index is 892.